The molecule has 4 atom stereocenters. The Morgan fingerprint density at radius 1 is 1.02 bits per heavy atom. The van der Waals surface area contributed by atoms with Gasteiger partial charge in [-0.25, -0.2) is 0 Å². The highest BCUT2D eigenvalue weighted by Crippen LogP contribution is 2.66. The minimum absolute atomic E-state index is 0.115. The fraction of sp³-hybridized carbons (Fsp3) is 0.725. The molecule has 1 aromatic rings. The van der Waals surface area contributed by atoms with Crippen LogP contribution in [0.1, 0.15) is 140 Å². The SMILES string of the molecule is C=C1CC[C@@]2(O)C3Cc4ccc(OCOC(=O)CCCCCCC/C=C/CCCCCCCC)c5c4[C@@]2(CCN3CC2CC2)[C@H]1O5. The van der Waals surface area contributed by atoms with E-state index in [1.54, 1.807) is 0 Å². The number of esters is 1. The lowest BCUT2D eigenvalue weighted by Gasteiger charge is -2.63. The number of carbonyl (C=O) groups is 1. The summed E-state index contributed by atoms with van der Waals surface area (Å²) in [6.07, 6.45) is 26.8. The molecule has 5 aliphatic rings. The molecule has 1 saturated heterocycles. The molecule has 0 amide bonds. The van der Waals surface area contributed by atoms with Crippen molar-refractivity contribution in [2.75, 3.05) is 19.9 Å². The van der Waals surface area contributed by atoms with Crippen molar-refractivity contribution in [1.82, 2.24) is 4.90 Å². The number of likely N-dealkylation sites (tertiary alicyclic amines) is 1. The van der Waals surface area contributed by atoms with Crippen molar-refractivity contribution in [3.05, 3.63) is 47.6 Å². The predicted octanol–water partition coefficient (Wildman–Crippen LogP) is 8.72. The van der Waals surface area contributed by atoms with Crippen molar-refractivity contribution >= 4 is 5.97 Å². The van der Waals surface area contributed by atoms with Gasteiger partial charge in [-0.15, -0.1) is 0 Å². The van der Waals surface area contributed by atoms with Gasteiger partial charge in [0.15, 0.2) is 11.5 Å². The van der Waals surface area contributed by atoms with Crippen LogP contribution in [0.5, 0.6) is 11.5 Å². The number of unbranched alkanes of at least 4 members (excludes halogenated alkanes) is 11. The normalized spacial score (nSPS) is 27.9. The zero-order valence-electron chi connectivity index (χ0n) is 28.5. The second-order valence-corrected chi connectivity index (χ2v) is 15.0. The smallest absolute Gasteiger partial charge is 0.308 e. The van der Waals surface area contributed by atoms with Crippen molar-refractivity contribution in [3.8, 4) is 11.5 Å². The van der Waals surface area contributed by atoms with Gasteiger partial charge in [-0.1, -0.05) is 83.1 Å². The first-order valence-corrected chi connectivity index (χ1v) is 18.9. The third-order valence-electron chi connectivity index (χ3n) is 11.8. The maximum absolute atomic E-state index is 12.5. The molecule has 254 valence electrons. The van der Waals surface area contributed by atoms with Gasteiger partial charge in [-0.05, 0) is 100 Å². The standard InChI is InChI=1S/C40H59NO5/c1-3-4-5-6-7-8-9-10-11-12-13-14-15-16-17-18-35(42)45-29-44-33-22-21-32-27-34-40(43)24-23-30(2)38-39(40,36(32)37(33)46-38)25-26-41(34)28-31-19-20-31/h10-11,21-22,31,34,38,43H,2-9,12-20,23-29H2,1H3/b11-10+/t34?,38-,39-,40+/m0/s1. The molecule has 0 radical (unpaired) electrons. The Morgan fingerprint density at radius 3 is 2.48 bits per heavy atom. The highest BCUT2D eigenvalue weighted by Gasteiger charge is 2.72. The summed E-state index contributed by atoms with van der Waals surface area (Å²) in [5.41, 5.74) is 2.14. The van der Waals surface area contributed by atoms with Crippen molar-refractivity contribution in [2.24, 2.45) is 5.92 Å². The molecule has 2 bridgehead atoms. The third kappa shape index (κ3) is 6.95. The third-order valence-corrected chi connectivity index (χ3v) is 11.8. The second kappa shape index (κ2) is 15.3. The summed E-state index contributed by atoms with van der Waals surface area (Å²) >= 11 is 0. The Morgan fingerprint density at radius 2 is 1.74 bits per heavy atom. The van der Waals surface area contributed by atoms with Crippen LogP contribution in [0, 0.1) is 5.92 Å². The molecule has 46 heavy (non-hydrogen) atoms. The summed E-state index contributed by atoms with van der Waals surface area (Å²) in [6.45, 7) is 8.63. The average molecular weight is 634 g/mol. The molecule has 0 aromatic heterocycles. The highest BCUT2D eigenvalue weighted by molar-refractivity contribution is 5.69. The summed E-state index contributed by atoms with van der Waals surface area (Å²) in [4.78, 5) is 15.0. The van der Waals surface area contributed by atoms with Crippen LogP contribution in [0.2, 0.25) is 0 Å². The monoisotopic (exact) mass is 633 g/mol. The zero-order valence-corrected chi connectivity index (χ0v) is 28.5. The number of hydrogen-bond donors (Lipinski definition) is 1. The van der Waals surface area contributed by atoms with Crippen LogP contribution in [0.3, 0.4) is 0 Å². The first kappa shape index (κ1) is 33.6. The number of aliphatic hydroxyl groups is 1. The van der Waals surface area contributed by atoms with Gasteiger partial charge in [0.1, 0.15) is 6.10 Å². The van der Waals surface area contributed by atoms with Crippen LogP contribution in [0.15, 0.2) is 36.4 Å². The molecular weight excluding hydrogens is 574 g/mol. The fourth-order valence-electron chi connectivity index (χ4n) is 9.07. The van der Waals surface area contributed by atoms with E-state index in [4.69, 9.17) is 14.2 Å². The molecule has 1 unspecified atom stereocenters. The minimum atomic E-state index is -0.834. The number of allylic oxidation sites excluding steroid dienone is 2. The van der Waals surface area contributed by atoms with E-state index < -0.39 is 11.0 Å². The summed E-state index contributed by atoms with van der Waals surface area (Å²) in [6, 6.07) is 4.23. The van der Waals surface area contributed by atoms with E-state index in [2.05, 4.69) is 36.6 Å². The number of ether oxygens (including phenoxy) is 3. The summed E-state index contributed by atoms with van der Waals surface area (Å²) < 4.78 is 18.2. The Labute approximate surface area is 277 Å². The maximum atomic E-state index is 12.5. The Hall–Kier alpha value is -2.31. The lowest BCUT2D eigenvalue weighted by atomic mass is 9.48. The predicted molar refractivity (Wildman–Crippen MR) is 183 cm³/mol. The van der Waals surface area contributed by atoms with Gasteiger partial charge in [0.2, 0.25) is 6.79 Å². The lowest BCUT2D eigenvalue weighted by Crippen LogP contribution is -2.75. The lowest BCUT2D eigenvalue weighted by molar-refractivity contribution is -0.174. The topological polar surface area (TPSA) is 68.2 Å². The maximum Gasteiger partial charge on any atom is 0.308 e. The Kier molecular flexibility index (Phi) is 11.2. The Bertz CT molecular complexity index is 1240. The first-order valence-electron chi connectivity index (χ1n) is 18.9. The van der Waals surface area contributed by atoms with Gasteiger partial charge in [0, 0.05) is 24.6 Å². The molecule has 3 fully saturated rings. The van der Waals surface area contributed by atoms with Gasteiger partial charge < -0.3 is 19.3 Å². The van der Waals surface area contributed by atoms with E-state index >= 15 is 0 Å². The van der Waals surface area contributed by atoms with Crippen LogP contribution in [-0.2, 0) is 21.4 Å². The van der Waals surface area contributed by atoms with Crippen LogP contribution in [0.4, 0.5) is 0 Å². The van der Waals surface area contributed by atoms with Gasteiger partial charge in [-0.3, -0.25) is 9.69 Å². The molecule has 6 heteroatoms. The summed E-state index contributed by atoms with van der Waals surface area (Å²) in [5.74, 6) is 1.91. The van der Waals surface area contributed by atoms with Crippen molar-refractivity contribution < 1.29 is 24.1 Å². The molecular formula is C40H59NO5. The van der Waals surface area contributed by atoms with Gasteiger partial charge in [-0.2, -0.15) is 0 Å². The number of hydrogen-bond acceptors (Lipinski definition) is 6. The number of benzene rings is 1. The van der Waals surface area contributed by atoms with E-state index in [0.717, 1.165) is 80.8 Å². The molecule has 1 N–H and O–H groups in total. The van der Waals surface area contributed by atoms with Gasteiger partial charge in [0.05, 0.1) is 11.0 Å². The molecule has 2 saturated carbocycles. The fourth-order valence-corrected chi connectivity index (χ4v) is 9.07. The molecule has 1 spiro atoms. The van der Waals surface area contributed by atoms with E-state index in [9.17, 15) is 9.90 Å². The Balaban J connectivity index is 0.922. The van der Waals surface area contributed by atoms with E-state index in [1.807, 2.05) is 6.07 Å². The number of nitrogens with zero attached hydrogens (tertiary/aromatic N) is 1. The van der Waals surface area contributed by atoms with E-state index in [1.165, 1.54) is 82.6 Å². The van der Waals surface area contributed by atoms with Crippen molar-refractivity contribution in [2.45, 2.75) is 159 Å². The van der Waals surface area contributed by atoms with Gasteiger partial charge >= 0.3 is 5.97 Å². The molecule has 6 nitrogen and oxygen atoms in total. The number of rotatable bonds is 20. The largest absolute Gasteiger partial charge is 0.481 e. The average Bonchev–Trinajstić information content (AvgIpc) is 3.79. The van der Waals surface area contributed by atoms with E-state index in [-0.39, 0.29) is 24.9 Å². The number of carbonyl (C=O) groups excluding carboxylic acids is 1. The van der Waals surface area contributed by atoms with Crippen LogP contribution < -0.4 is 9.47 Å². The van der Waals surface area contributed by atoms with Crippen molar-refractivity contribution in [1.29, 1.82) is 0 Å². The van der Waals surface area contributed by atoms with Crippen LogP contribution in [-0.4, -0.2) is 53.6 Å². The quantitative estimate of drug-likeness (QED) is 0.0671. The zero-order chi connectivity index (χ0) is 32.0. The van der Waals surface area contributed by atoms with E-state index in [0.29, 0.717) is 12.2 Å². The molecule has 2 aliphatic heterocycles. The molecule has 3 aliphatic carbocycles. The summed E-state index contributed by atoms with van der Waals surface area (Å²) in [5, 5.41) is 12.5. The second-order valence-electron chi connectivity index (χ2n) is 15.0. The number of piperidine rings is 1. The first-order chi connectivity index (χ1) is 22.5. The van der Waals surface area contributed by atoms with Gasteiger partial charge in [0.25, 0.3) is 0 Å². The molecule has 6 rings (SSSR count). The highest BCUT2D eigenvalue weighted by atomic mass is 16.7. The van der Waals surface area contributed by atoms with Crippen LogP contribution in [0.25, 0.3) is 0 Å². The molecule has 2 heterocycles. The summed E-state index contributed by atoms with van der Waals surface area (Å²) in [7, 11) is 0. The minimum Gasteiger partial charge on any atom is -0.481 e. The molecule has 1 aromatic carbocycles. The van der Waals surface area contributed by atoms with Crippen molar-refractivity contribution in [3.63, 3.8) is 0 Å². The van der Waals surface area contributed by atoms with Crippen LogP contribution >= 0.6 is 0 Å².